The number of imidazole rings is 1. The van der Waals surface area contributed by atoms with E-state index >= 15 is 0 Å². The number of unbranched alkanes of at least 4 members (excludes halogenated alkanes) is 3. The number of ether oxygens (including phenoxy) is 3. The van der Waals surface area contributed by atoms with Gasteiger partial charge in [-0.3, -0.25) is 0 Å². The maximum absolute atomic E-state index is 6.91. The molecular weight excluding hydrogens is 675 g/mol. The van der Waals surface area contributed by atoms with Crippen LogP contribution in [0.5, 0.6) is 0 Å². The Morgan fingerprint density at radius 3 is 2.10 bits per heavy atom. The Labute approximate surface area is 264 Å². The fourth-order valence-corrected chi connectivity index (χ4v) is 22.4. The summed E-state index contributed by atoms with van der Waals surface area (Å²) in [5.74, 6) is -0.715. The summed E-state index contributed by atoms with van der Waals surface area (Å²) in [6.07, 6.45) is 7.79. The van der Waals surface area contributed by atoms with Gasteiger partial charge in [0.05, 0.1) is 0 Å². The summed E-state index contributed by atoms with van der Waals surface area (Å²) in [6.45, 7) is 22.6. The molecule has 0 aromatic carbocycles. The number of halogens is 1. The molecule has 11 heteroatoms. The van der Waals surface area contributed by atoms with Crippen LogP contribution in [-0.4, -0.2) is 76.9 Å². The number of rotatable bonds is 14. The predicted molar refractivity (Wildman–Crippen MR) is 176 cm³/mol. The fraction of sp³-hybridized carbons (Fsp3) is 0.839. The Morgan fingerprint density at radius 1 is 0.976 bits per heavy atom. The van der Waals surface area contributed by atoms with Crippen LogP contribution in [0.2, 0.25) is 36.6 Å². The van der Waals surface area contributed by atoms with Crippen molar-refractivity contribution in [3.05, 3.63) is 11.5 Å². The van der Waals surface area contributed by atoms with Crippen molar-refractivity contribution in [3.8, 4) is 0 Å². The summed E-state index contributed by atoms with van der Waals surface area (Å²) in [5.41, 5.74) is 1.37. The van der Waals surface area contributed by atoms with Gasteiger partial charge in [-0.2, -0.15) is 0 Å². The fourth-order valence-electron chi connectivity index (χ4n) is 6.09. The van der Waals surface area contributed by atoms with E-state index in [4.69, 9.17) is 45.2 Å². The molecule has 2 saturated heterocycles. The van der Waals surface area contributed by atoms with E-state index in [-0.39, 0.29) is 23.4 Å². The van der Waals surface area contributed by atoms with Gasteiger partial charge in [-0.15, -0.1) is 0 Å². The van der Waals surface area contributed by atoms with Crippen LogP contribution < -0.4 is 3.84 Å². The summed E-state index contributed by atoms with van der Waals surface area (Å²) < 4.78 is 33.1. The maximum atomic E-state index is 6.91. The topological polar surface area (TPSA) is 80.5 Å². The number of hydrogen-bond donors (Lipinski definition) is 0. The normalized spacial score (nSPS) is 24.5. The third kappa shape index (κ3) is 7.23. The van der Waals surface area contributed by atoms with Crippen molar-refractivity contribution in [3.63, 3.8) is 0 Å². The van der Waals surface area contributed by atoms with E-state index in [0.717, 1.165) is 9.49 Å². The standard InChI is InChI=1S/C19H28ClN4O4Si.3C4H9.Sn/c1-18(2,3)29(6,7)25-8-11-13-14(28-19(4,5)27-13)17(26-11)24-10-23-12-15(20)21-9-22-16(12)24;3*1-3-4-2;/h10-11,13-14,17H,8H2,1-7H3;3*1,3-4H2,2H3;/t11-,13-,14+,17-;;;;/m1..../s1. The van der Waals surface area contributed by atoms with Gasteiger partial charge in [0.15, 0.2) is 0 Å². The van der Waals surface area contributed by atoms with Crippen LogP contribution in [0.3, 0.4) is 0 Å². The molecule has 2 fully saturated rings. The van der Waals surface area contributed by atoms with Crippen LogP contribution in [0.15, 0.2) is 6.33 Å². The van der Waals surface area contributed by atoms with Crippen LogP contribution in [-0.2, 0) is 18.6 Å². The Bertz CT molecular complexity index is 1180. The van der Waals surface area contributed by atoms with Gasteiger partial charge in [0.25, 0.3) is 0 Å². The minimum absolute atomic E-state index is 0.104. The molecule has 0 unspecified atom stereocenters. The van der Waals surface area contributed by atoms with Crippen molar-refractivity contribution >= 4 is 53.3 Å². The number of hydrogen-bond acceptors (Lipinski definition) is 7. The molecule has 0 radical (unpaired) electrons. The first-order chi connectivity index (χ1) is 19.7. The Balaban J connectivity index is 1.73. The number of fused-ring (bicyclic) bond motifs is 2. The molecule has 0 spiro atoms. The van der Waals surface area contributed by atoms with Gasteiger partial charge in [-0.25, -0.2) is 0 Å². The van der Waals surface area contributed by atoms with E-state index < -0.39 is 38.7 Å². The third-order valence-corrected chi connectivity index (χ3v) is 29.0. The predicted octanol–water partition coefficient (Wildman–Crippen LogP) is 7.98. The summed E-state index contributed by atoms with van der Waals surface area (Å²) in [7, 11) is -1.98. The molecule has 2 aromatic rings. The second-order valence-electron chi connectivity index (χ2n) is 14.5. The van der Waals surface area contributed by atoms with Gasteiger partial charge in [-0.05, 0) is 0 Å². The van der Waals surface area contributed by atoms with Gasteiger partial charge >= 0.3 is 265 Å². The van der Waals surface area contributed by atoms with Crippen molar-refractivity contribution < 1.29 is 18.6 Å². The first-order valence-corrected chi connectivity index (χ1v) is 27.0. The molecular formula is C31H55ClN4O4SiSn. The van der Waals surface area contributed by atoms with Crippen molar-refractivity contribution in [1.29, 1.82) is 0 Å². The van der Waals surface area contributed by atoms with Gasteiger partial charge < -0.3 is 0 Å². The van der Waals surface area contributed by atoms with Crippen molar-refractivity contribution in [1.82, 2.24) is 19.5 Å². The van der Waals surface area contributed by atoms with Gasteiger partial charge in [0, 0.05) is 0 Å². The zero-order valence-electron chi connectivity index (χ0n) is 27.8. The molecule has 2 aliphatic rings. The van der Waals surface area contributed by atoms with Gasteiger partial charge in [0.2, 0.25) is 0 Å². The summed E-state index contributed by atoms with van der Waals surface area (Å²) in [6, 6.07) is 0. The quantitative estimate of drug-likeness (QED) is 0.144. The van der Waals surface area contributed by atoms with E-state index in [1.165, 1.54) is 51.8 Å². The molecule has 8 nitrogen and oxygen atoms in total. The minimum atomic E-state index is -2.96. The first kappa shape index (κ1) is 34.6. The SMILES string of the molecule is CCC[CH2][Sn]([CH2]CCC)([CH2]CCC)[c]1nc(Cl)c2ncn([C@@H]3O[C@H](CO[Si](C)(C)C(C)(C)C)[C@H]4OC(C)(C)O[C@@H]43)c2n1. The van der Waals surface area contributed by atoms with E-state index in [1.807, 2.05) is 18.4 Å². The molecule has 0 saturated carbocycles. The van der Waals surface area contributed by atoms with Crippen molar-refractivity contribution in [2.24, 2.45) is 0 Å². The van der Waals surface area contributed by atoms with Crippen LogP contribution in [0.4, 0.5) is 0 Å². The van der Waals surface area contributed by atoms with Crippen LogP contribution in [0, 0.1) is 0 Å². The number of aromatic nitrogens is 4. The van der Waals surface area contributed by atoms with Gasteiger partial charge in [0.1, 0.15) is 0 Å². The van der Waals surface area contributed by atoms with E-state index in [0.29, 0.717) is 17.3 Å². The molecule has 238 valence electrons. The van der Waals surface area contributed by atoms with E-state index in [9.17, 15) is 0 Å². The molecule has 2 aliphatic heterocycles. The van der Waals surface area contributed by atoms with E-state index in [2.05, 4.69) is 54.6 Å². The van der Waals surface area contributed by atoms with Crippen molar-refractivity contribution in [2.45, 2.75) is 156 Å². The van der Waals surface area contributed by atoms with Crippen molar-refractivity contribution in [2.75, 3.05) is 6.61 Å². The van der Waals surface area contributed by atoms with Crippen LogP contribution in [0.1, 0.15) is 100 Å². The third-order valence-electron chi connectivity index (χ3n) is 9.69. The molecule has 0 bridgehead atoms. The molecule has 42 heavy (non-hydrogen) atoms. The zero-order valence-corrected chi connectivity index (χ0v) is 32.4. The van der Waals surface area contributed by atoms with Crippen LogP contribution in [0.25, 0.3) is 11.2 Å². The Morgan fingerprint density at radius 2 is 1.55 bits per heavy atom. The first-order valence-electron chi connectivity index (χ1n) is 16.2. The molecule has 0 aliphatic carbocycles. The monoisotopic (exact) mass is 730 g/mol. The van der Waals surface area contributed by atoms with Crippen LogP contribution >= 0.6 is 11.6 Å². The molecule has 4 atom stereocenters. The molecule has 2 aromatic heterocycles. The summed E-state index contributed by atoms with van der Waals surface area (Å²) in [4.78, 5) is 15.1. The average molecular weight is 730 g/mol. The zero-order chi connectivity index (χ0) is 30.9. The molecule has 4 heterocycles. The average Bonchev–Trinajstić information content (AvgIpc) is 3.57. The second kappa shape index (κ2) is 13.6. The second-order valence-corrected chi connectivity index (χ2v) is 32.5. The number of nitrogens with zero attached hydrogens (tertiary/aromatic N) is 4. The molecule has 0 N–H and O–H groups in total. The Hall–Kier alpha value is -0.304. The summed E-state index contributed by atoms with van der Waals surface area (Å²) >= 11 is 3.95. The Kier molecular flexibility index (Phi) is 11.2. The molecule has 0 amide bonds. The van der Waals surface area contributed by atoms with Gasteiger partial charge in [-0.1, -0.05) is 0 Å². The van der Waals surface area contributed by atoms with E-state index in [1.54, 1.807) is 6.33 Å². The summed E-state index contributed by atoms with van der Waals surface area (Å²) in [5, 5.41) is 0.558. The molecule has 4 rings (SSSR count).